The lowest BCUT2D eigenvalue weighted by atomic mass is 9.84. The van der Waals surface area contributed by atoms with Gasteiger partial charge in [-0.15, -0.1) is 11.8 Å². The molecule has 1 heterocycles. The van der Waals surface area contributed by atoms with Gasteiger partial charge in [-0.25, -0.2) is 0 Å². The maximum Gasteiger partial charge on any atom is 0.133 e. The number of rotatable bonds is 6. The van der Waals surface area contributed by atoms with Gasteiger partial charge in [-0.3, -0.25) is 0 Å². The molecule has 1 unspecified atom stereocenters. The van der Waals surface area contributed by atoms with Gasteiger partial charge in [0.15, 0.2) is 0 Å². The fraction of sp³-hybridized carbons (Fsp3) is 0.280. The first-order chi connectivity index (χ1) is 15.1. The van der Waals surface area contributed by atoms with Crippen LogP contribution in [-0.4, -0.2) is 56.9 Å². The van der Waals surface area contributed by atoms with Crippen molar-refractivity contribution in [3.8, 4) is 0 Å². The van der Waals surface area contributed by atoms with Crippen LogP contribution < -0.4 is 0 Å². The van der Waals surface area contributed by atoms with Crippen LogP contribution in [0.3, 0.4) is 0 Å². The minimum absolute atomic E-state index is 0.461. The van der Waals surface area contributed by atoms with Crippen LogP contribution in [-0.2, 0) is 9.48 Å². The van der Waals surface area contributed by atoms with E-state index in [1.54, 1.807) is 0 Å². The summed E-state index contributed by atoms with van der Waals surface area (Å²) < 4.78 is 5.14. The van der Waals surface area contributed by atoms with Crippen molar-refractivity contribution in [3.05, 3.63) is 108 Å². The highest BCUT2D eigenvalue weighted by atomic mass is 32.2. The Balaban J connectivity index is 1.88. The molecule has 0 radical (unpaired) electrons. The van der Waals surface area contributed by atoms with Crippen molar-refractivity contribution in [3.63, 3.8) is 0 Å². The molecule has 6 heteroatoms. The standard InChI is InChI=1S/C25H26O5S/c26-16-20-21(27)22(28)23(29)24(30-20)31-25(17-10-4-1-5-11-17,18-12-6-2-7-13-18)19-14-8-3-9-15-19/h1-15,20-24,26-29H,16H2/t20-,21-,22+,23-,24?/m1/s1. The maximum absolute atomic E-state index is 10.8. The SMILES string of the molecule is OC[C@H]1OC(SC(c2ccccc2)(c2ccccc2)c2ccccc2)[C@H](O)[C@@H](O)[C@@H]1O. The van der Waals surface area contributed by atoms with Gasteiger partial charge in [0.05, 0.1) is 11.4 Å². The van der Waals surface area contributed by atoms with E-state index in [9.17, 15) is 20.4 Å². The summed E-state index contributed by atoms with van der Waals surface area (Å²) in [4.78, 5) is 0. The zero-order valence-electron chi connectivity index (χ0n) is 16.9. The molecular formula is C25H26O5S. The minimum atomic E-state index is -1.43. The van der Waals surface area contributed by atoms with Crippen LogP contribution in [0.25, 0.3) is 0 Å². The monoisotopic (exact) mass is 438 g/mol. The zero-order valence-corrected chi connectivity index (χ0v) is 17.7. The van der Waals surface area contributed by atoms with E-state index in [4.69, 9.17) is 4.74 Å². The van der Waals surface area contributed by atoms with E-state index >= 15 is 0 Å². The van der Waals surface area contributed by atoms with Crippen LogP contribution in [0.15, 0.2) is 91.0 Å². The molecule has 1 aliphatic heterocycles. The lowest BCUT2D eigenvalue weighted by Gasteiger charge is -2.44. The summed E-state index contributed by atoms with van der Waals surface area (Å²) in [6.45, 7) is -0.461. The summed E-state index contributed by atoms with van der Waals surface area (Å²) >= 11 is 1.35. The summed E-state index contributed by atoms with van der Waals surface area (Å²) in [6, 6.07) is 29.8. The Hall–Kier alpha value is -2.19. The minimum Gasteiger partial charge on any atom is -0.394 e. The molecule has 0 saturated carbocycles. The van der Waals surface area contributed by atoms with Gasteiger partial charge in [0.2, 0.25) is 0 Å². The molecule has 1 saturated heterocycles. The van der Waals surface area contributed by atoms with E-state index in [0.717, 1.165) is 16.7 Å². The van der Waals surface area contributed by atoms with Gasteiger partial charge in [-0.05, 0) is 16.7 Å². The number of aliphatic hydroxyl groups is 4. The number of benzene rings is 3. The number of hydrogen-bond donors (Lipinski definition) is 4. The van der Waals surface area contributed by atoms with Gasteiger partial charge in [0.25, 0.3) is 0 Å². The number of thioether (sulfide) groups is 1. The molecule has 3 aromatic rings. The van der Waals surface area contributed by atoms with E-state index in [0.29, 0.717) is 0 Å². The van der Waals surface area contributed by atoms with Gasteiger partial charge in [0.1, 0.15) is 29.9 Å². The molecule has 31 heavy (non-hydrogen) atoms. The third-order valence-electron chi connectivity index (χ3n) is 5.68. The summed E-state index contributed by atoms with van der Waals surface area (Å²) in [5.41, 5.74) is 2.05. The molecule has 0 aliphatic carbocycles. The first kappa shape index (κ1) is 22.0. The molecule has 5 atom stereocenters. The second-order valence-electron chi connectivity index (χ2n) is 7.59. The van der Waals surface area contributed by atoms with Gasteiger partial charge >= 0.3 is 0 Å². The molecule has 3 aromatic carbocycles. The Kier molecular flexibility index (Phi) is 6.77. The number of aliphatic hydroxyl groups excluding tert-OH is 4. The lowest BCUT2D eigenvalue weighted by Crippen LogP contribution is -2.58. The smallest absolute Gasteiger partial charge is 0.133 e. The second kappa shape index (κ2) is 9.53. The number of hydrogen-bond acceptors (Lipinski definition) is 6. The maximum atomic E-state index is 10.8. The fourth-order valence-electron chi connectivity index (χ4n) is 4.06. The Morgan fingerprint density at radius 2 is 1.06 bits per heavy atom. The van der Waals surface area contributed by atoms with Crippen molar-refractivity contribution in [1.82, 2.24) is 0 Å². The fourth-order valence-corrected chi connectivity index (χ4v) is 5.73. The van der Waals surface area contributed by atoms with E-state index in [-0.39, 0.29) is 0 Å². The van der Waals surface area contributed by atoms with Crippen molar-refractivity contribution in [1.29, 1.82) is 0 Å². The number of ether oxygens (including phenoxy) is 1. The van der Waals surface area contributed by atoms with Gasteiger partial charge in [-0.2, -0.15) is 0 Å². The molecule has 0 bridgehead atoms. The van der Waals surface area contributed by atoms with Crippen molar-refractivity contribution in [2.45, 2.75) is 34.6 Å². The summed E-state index contributed by atoms with van der Waals surface area (Å²) in [5, 5.41) is 41.0. The average molecular weight is 439 g/mol. The molecule has 0 spiro atoms. The second-order valence-corrected chi connectivity index (χ2v) is 8.91. The first-order valence-electron chi connectivity index (χ1n) is 10.2. The highest BCUT2D eigenvalue weighted by Gasteiger charge is 2.48. The molecule has 162 valence electrons. The molecular weight excluding hydrogens is 412 g/mol. The Labute approximate surface area is 186 Å². The highest BCUT2D eigenvalue weighted by Crippen LogP contribution is 2.52. The summed E-state index contributed by atoms with van der Waals surface area (Å²) in [5.74, 6) is 0. The van der Waals surface area contributed by atoms with Crippen LogP contribution in [0.1, 0.15) is 16.7 Å². The largest absolute Gasteiger partial charge is 0.394 e. The van der Waals surface area contributed by atoms with Crippen LogP contribution >= 0.6 is 11.8 Å². The molecule has 1 fully saturated rings. The molecule has 1 aliphatic rings. The lowest BCUT2D eigenvalue weighted by molar-refractivity contribution is -0.205. The molecule has 4 rings (SSSR count). The summed E-state index contributed by atoms with van der Waals surface area (Å²) in [7, 11) is 0. The van der Waals surface area contributed by atoms with Crippen molar-refractivity contribution in [2.75, 3.05) is 6.61 Å². The molecule has 0 aromatic heterocycles. The predicted molar refractivity (Wildman–Crippen MR) is 121 cm³/mol. The highest BCUT2D eigenvalue weighted by molar-refractivity contribution is 8.01. The molecule has 0 amide bonds. The zero-order chi connectivity index (χ0) is 21.8. The van der Waals surface area contributed by atoms with E-state index < -0.39 is 41.2 Å². The third kappa shape index (κ3) is 4.15. The summed E-state index contributed by atoms with van der Waals surface area (Å²) in [6.07, 6.45) is -5.12. The average Bonchev–Trinajstić information content (AvgIpc) is 2.84. The normalized spacial score (nSPS) is 26.5. The van der Waals surface area contributed by atoms with Crippen molar-refractivity contribution < 1.29 is 25.2 Å². The Morgan fingerprint density at radius 1 is 0.645 bits per heavy atom. The Morgan fingerprint density at radius 3 is 1.45 bits per heavy atom. The van der Waals surface area contributed by atoms with E-state index in [1.165, 1.54) is 11.8 Å². The Bertz CT molecular complexity index is 855. The van der Waals surface area contributed by atoms with Crippen LogP contribution in [0, 0.1) is 0 Å². The van der Waals surface area contributed by atoms with E-state index in [1.807, 2.05) is 91.0 Å². The molecule has 5 nitrogen and oxygen atoms in total. The van der Waals surface area contributed by atoms with Crippen molar-refractivity contribution in [2.24, 2.45) is 0 Å². The third-order valence-corrected chi connectivity index (χ3v) is 7.37. The quantitative estimate of drug-likeness (QED) is 0.442. The van der Waals surface area contributed by atoms with Gasteiger partial charge in [-0.1, -0.05) is 91.0 Å². The van der Waals surface area contributed by atoms with Crippen LogP contribution in [0.5, 0.6) is 0 Å². The topological polar surface area (TPSA) is 90.2 Å². The predicted octanol–water partition coefficient (Wildman–Crippen LogP) is 2.51. The molecule has 4 N–H and O–H groups in total. The van der Waals surface area contributed by atoms with Crippen molar-refractivity contribution >= 4 is 11.8 Å². The van der Waals surface area contributed by atoms with Gasteiger partial charge in [0, 0.05) is 0 Å². The van der Waals surface area contributed by atoms with E-state index in [2.05, 4.69) is 0 Å². The van der Waals surface area contributed by atoms with Gasteiger partial charge < -0.3 is 25.2 Å². The van der Waals surface area contributed by atoms with Crippen LogP contribution in [0.2, 0.25) is 0 Å². The van der Waals surface area contributed by atoms with Crippen LogP contribution in [0.4, 0.5) is 0 Å². The first-order valence-corrected chi connectivity index (χ1v) is 11.1.